The highest BCUT2D eigenvalue weighted by Crippen LogP contribution is 2.22. The van der Waals surface area contributed by atoms with Crippen LogP contribution in [0.5, 0.6) is 0 Å². The molecular weight excluding hydrogens is 267 g/mol. The van der Waals surface area contributed by atoms with Crippen LogP contribution in [0.4, 0.5) is 0 Å². The second-order valence-electron chi connectivity index (χ2n) is 4.35. The van der Waals surface area contributed by atoms with Gasteiger partial charge in [0, 0.05) is 0 Å². The van der Waals surface area contributed by atoms with E-state index in [4.69, 9.17) is 23.2 Å². The molecule has 0 heterocycles. The van der Waals surface area contributed by atoms with Crippen LogP contribution in [-0.4, -0.2) is 26.2 Å². The standard InChI is InChI=1S/C14H22Cl2N2/c1-2-7-17-8-3-9-18-10-6-12-4-5-13(15)14(16)11-12/h4-5,11,17-18H,2-3,6-10H2,1H3. The molecule has 18 heavy (non-hydrogen) atoms. The SMILES string of the molecule is CCCNCCCNCCc1ccc(Cl)c(Cl)c1. The Morgan fingerprint density at radius 1 is 0.944 bits per heavy atom. The summed E-state index contributed by atoms with van der Waals surface area (Å²) in [4.78, 5) is 0. The van der Waals surface area contributed by atoms with Gasteiger partial charge in [0.2, 0.25) is 0 Å². The molecule has 0 aliphatic rings. The Morgan fingerprint density at radius 2 is 1.67 bits per heavy atom. The van der Waals surface area contributed by atoms with E-state index in [1.165, 1.54) is 18.4 Å². The van der Waals surface area contributed by atoms with Gasteiger partial charge in [0.15, 0.2) is 0 Å². The van der Waals surface area contributed by atoms with Gasteiger partial charge in [-0.05, 0) is 63.1 Å². The lowest BCUT2D eigenvalue weighted by molar-refractivity contribution is 0.593. The normalized spacial score (nSPS) is 10.8. The fraction of sp³-hybridized carbons (Fsp3) is 0.571. The summed E-state index contributed by atoms with van der Waals surface area (Å²) < 4.78 is 0. The zero-order valence-corrected chi connectivity index (χ0v) is 12.4. The first kappa shape index (κ1) is 15.8. The lowest BCUT2D eigenvalue weighted by Crippen LogP contribution is -2.23. The van der Waals surface area contributed by atoms with Crippen LogP contribution in [0.25, 0.3) is 0 Å². The van der Waals surface area contributed by atoms with Gasteiger partial charge >= 0.3 is 0 Å². The lowest BCUT2D eigenvalue weighted by Gasteiger charge is -2.06. The molecule has 0 aliphatic heterocycles. The third-order valence-corrected chi connectivity index (χ3v) is 3.45. The van der Waals surface area contributed by atoms with Crippen LogP contribution >= 0.6 is 23.2 Å². The Hall–Kier alpha value is -0.280. The van der Waals surface area contributed by atoms with Crippen molar-refractivity contribution < 1.29 is 0 Å². The van der Waals surface area contributed by atoms with Gasteiger partial charge in [-0.15, -0.1) is 0 Å². The van der Waals surface area contributed by atoms with Gasteiger partial charge in [0.05, 0.1) is 10.0 Å². The molecule has 0 saturated carbocycles. The second kappa shape index (κ2) is 9.62. The molecular formula is C14H22Cl2N2. The van der Waals surface area contributed by atoms with Crippen molar-refractivity contribution in [3.05, 3.63) is 33.8 Å². The Bertz CT molecular complexity index is 343. The number of hydrogen-bond acceptors (Lipinski definition) is 2. The summed E-state index contributed by atoms with van der Waals surface area (Å²) in [5.41, 5.74) is 1.22. The Balaban J connectivity index is 2.05. The number of benzene rings is 1. The summed E-state index contributed by atoms with van der Waals surface area (Å²) in [7, 11) is 0. The Labute approximate surface area is 120 Å². The minimum atomic E-state index is 0.621. The molecule has 0 atom stereocenters. The van der Waals surface area contributed by atoms with Crippen molar-refractivity contribution in [2.45, 2.75) is 26.2 Å². The maximum Gasteiger partial charge on any atom is 0.0595 e. The minimum absolute atomic E-state index is 0.621. The molecule has 4 heteroatoms. The highest BCUT2D eigenvalue weighted by Gasteiger charge is 1.99. The maximum absolute atomic E-state index is 5.96. The summed E-state index contributed by atoms with van der Waals surface area (Å²) in [6.45, 7) is 6.42. The van der Waals surface area contributed by atoms with Crippen molar-refractivity contribution in [2.24, 2.45) is 0 Å². The fourth-order valence-corrected chi connectivity index (χ4v) is 2.01. The summed E-state index contributed by atoms with van der Waals surface area (Å²) in [6, 6.07) is 5.82. The van der Waals surface area contributed by atoms with Gasteiger partial charge < -0.3 is 10.6 Å². The smallest absolute Gasteiger partial charge is 0.0595 e. The molecule has 0 aromatic heterocycles. The monoisotopic (exact) mass is 288 g/mol. The van der Waals surface area contributed by atoms with E-state index in [9.17, 15) is 0 Å². The summed E-state index contributed by atoms with van der Waals surface area (Å²) in [5, 5.41) is 8.07. The number of hydrogen-bond donors (Lipinski definition) is 2. The van der Waals surface area contributed by atoms with E-state index in [0.717, 1.165) is 32.6 Å². The van der Waals surface area contributed by atoms with Crippen LogP contribution in [0.1, 0.15) is 25.3 Å². The topological polar surface area (TPSA) is 24.1 Å². The molecule has 0 saturated heterocycles. The van der Waals surface area contributed by atoms with E-state index in [1.807, 2.05) is 18.2 Å². The predicted octanol–water partition coefficient (Wildman–Crippen LogP) is 3.52. The van der Waals surface area contributed by atoms with Gasteiger partial charge in [0.1, 0.15) is 0 Å². The molecule has 0 spiro atoms. The zero-order chi connectivity index (χ0) is 13.2. The number of rotatable bonds is 9. The molecule has 0 unspecified atom stereocenters. The number of halogens is 2. The van der Waals surface area contributed by atoms with Crippen LogP contribution in [0.2, 0.25) is 10.0 Å². The molecule has 0 fully saturated rings. The van der Waals surface area contributed by atoms with E-state index in [2.05, 4.69) is 17.6 Å². The molecule has 1 aromatic carbocycles. The maximum atomic E-state index is 5.96. The van der Waals surface area contributed by atoms with E-state index in [-0.39, 0.29) is 0 Å². The van der Waals surface area contributed by atoms with Crippen molar-refractivity contribution in [2.75, 3.05) is 26.2 Å². The molecule has 0 radical (unpaired) electrons. The molecule has 2 N–H and O–H groups in total. The van der Waals surface area contributed by atoms with Crippen molar-refractivity contribution >= 4 is 23.2 Å². The van der Waals surface area contributed by atoms with Crippen LogP contribution in [0, 0.1) is 0 Å². The first-order valence-corrected chi connectivity index (χ1v) is 7.35. The van der Waals surface area contributed by atoms with Crippen LogP contribution in [-0.2, 0) is 6.42 Å². The molecule has 1 aromatic rings. The second-order valence-corrected chi connectivity index (χ2v) is 5.17. The molecule has 2 nitrogen and oxygen atoms in total. The minimum Gasteiger partial charge on any atom is -0.317 e. The van der Waals surface area contributed by atoms with Gasteiger partial charge in [0.25, 0.3) is 0 Å². The van der Waals surface area contributed by atoms with Gasteiger partial charge in [-0.2, -0.15) is 0 Å². The average Bonchev–Trinajstić information content (AvgIpc) is 2.37. The van der Waals surface area contributed by atoms with Crippen molar-refractivity contribution in [1.29, 1.82) is 0 Å². The molecule has 0 bridgehead atoms. The van der Waals surface area contributed by atoms with Crippen molar-refractivity contribution in [3.63, 3.8) is 0 Å². The van der Waals surface area contributed by atoms with Crippen molar-refractivity contribution in [1.82, 2.24) is 10.6 Å². The number of nitrogens with one attached hydrogen (secondary N) is 2. The first-order valence-electron chi connectivity index (χ1n) is 6.59. The zero-order valence-electron chi connectivity index (χ0n) is 10.9. The predicted molar refractivity (Wildman–Crippen MR) is 80.8 cm³/mol. The Morgan fingerprint density at radius 3 is 2.33 bits per heavy atom. The quantitative estimate of drug-likeness (QED) is 0.680. The van der Waals surface area contributed by atoms with E-state index < -0.39 is 0 Å². The van der Waals surface area contributed by atoms with E-state index >= 15 is 0 Å². The molecule has 0 aliphatic carbocycles. The Kier molecular flexibility index (Phi) is 8.44. The van der Waals surface area contributed by atoms with Crippen molar-refractivity contribution in [3.8, 4) is 0 Å². The highest BCUT2D eigenvalue weighted by atomic mass is 35.5. The van der Waals surface area contributed by atoms with Crippen LogP contribution in [0.3, 0.4) is 0 Å². The summed E-state index contributed by atoms with van der Waals surface area (Å²) >= 11 is 11.8. The van der Waals surface area contributed by atoms with Crippen LogP contribution < -0.4 is 10.6 Å². The summed E-state index contributed by atoms with van der Waals surface area (Å²) in [6.07, 6.45) is 3.35. The third-order valence-electron chi connectivity index (χ3n) is 2.71. The summed E-state index contributed by atoms with van der Waals surface area (Å²) in [5.74, 6) is 0. The van der Waals surface area contributed by atoms with Crippen LogP contribution in [0.15, 0.2) is 18.2 Å². The van der Waals surface area contributed by atoms with Gasteiger partial charge in [-0.1, -0.05) is 36.2 Å². The third kappa shape index (κ3) is 6.60. The van der Waals surface area contributed by atoms with Gasteiger partial charge in [-0.25, -0.2) is 0 Å². The first-order chi connectivity index (χ1) is 8.74. The molecule has 1 rings (SSSR count). The average molecular weight is 289 g/mol. The highest BCUT2D eigenvalue weighted by molar-refractivity contribution is 6.42. The van der Waals surface area contributed by atoms with E-state index in [1.54, 1.807) is 0 Å². The lowest BCUT2D eigenvalue weighted by atomic mass is 10.1. The largest absolute Gasteiger partial charge is 0.317 e. The van der Waals surface area contributed by atoms with E-state index in [0.29, 0.717) is 10.0 Å². The molecule has 102 valence electrons. The molecule has 0 amide bonds. The van der Waals surface area contributed by atoms with Gasteiger partial charge in [-0.3, -0.25) is 0 Å². The fourth-order valence-electron chi connectivity index (χ4n) is 1.69.